The summed E-state index contributed by atoms with van der Waals surface area (Å²) < 4.78 is 0. The van der Waals surface area contributed by atoms with Crippen molar-refractivity contribution >= 4 is 0 Å². The van der Waals surface area contributed by atoms with Crippen LogP contribution in [-0.2, 0) is 13.1 Å². The van der Waals surface area contributed by atoms with Gasteiger partial charge in [0.1, 0.15) is 0 Å². The molecule has 2 aromatic rings. The molecule has 2 rings (SSSR count). The number of rotatable bonds is 4. The van der Waals surface area contributed by atoms with Gasteiger partial charge in [-0.15, -0.1) is 0 Å². The van der Waals surface area contributed by atoms with Crippen LogP contribution >= 0.6 is 0 Å². The summed E-state index contributed by atoms with van der Waals surface area (Å²) in [7, 11) is 0. The lowest BCUT2D eigenvalue weighted by Gasteiger charge is -2.08. The van der Waals surface area contributed by atoms with Crippen LogP contribution in [0, 0.1) is 13.8 Å². The Morgan fingerprint density at radius 2 is 1.76 bits per heavy atom. The van der Waals surface area contributed by atoms with Crippen molar-refractivity contribution in [2.45, 2.75) is 26.9 Å². The third-order valence-electron chi connectivity index (χ3n) is 2.90. The van der Waals surface area contributed by atoms with Gasteiger partial charge in [0, 0.05) is 25.5 Å². The summed E-state index contributed by atoms with van der Waals surface area (Å²) in [6.07, 6.45) is 3.66. The van der Waals surface area contributed by atoms with Gasteiger partial charge in [0.05, 0.1) is 0 Å². The van der Waals surface area contributed by atoms with Crippen LogP contribution in [0.5, 0.6) is 0 Å². The Hall–Kier alpha value is -1.67. The fourth-order valence-corrected chi connectivity index (χ4v) is 1.83. The molecule has 2 heteroatoms. The molecule has 0 atom stereocenters. The van der Waals surface area contributed by atoms with Crippen LogP contribution in [0.3, 0.4) is 0 Å². The first kappa shape index (κ1) is 11.8. The Labute approximate surface area is 103 Å². The molecule has 0 saturated heterocycles. The Balaban J connectivity index is 1.92. The van der Waals surface area contributed by atoms with Crippen LogP contribution in [0.4, 0.5) is 0 Å². The summed E-state index contributed by atoms with van der Waals surface area (Å²) in [6, 6.07) is 10.7. The average Bonchev–Trinajstić information content (AvgIpc) is 2.35. The number of hydrogen-bond donors (Lipinski definition) is 1. The number of benzene rings is 1. The molecule has 0 amide bonds. The summed E-state index contributed by atoms with van der Waals surface area (Å²) in [6.45, 7) is 6.08. The van der Waals surface area contributed by atoms with Gasteiger partial charge in [-0.3, -0.25) is 4.98 Å². The molecular formula is C15H18N2. The largest absolute Gasteiger partial charge is 0.309 e. The van der Waals surface area contributed by atoms with Crippen LogP contribution in [0.1, 0.15) is 22.3 Å². The standard InChI is InChI=1S/C15H18N2/c1-12-3-4-13(2)15(9-12)11-17-10-14-5-7-16-8-6-14/h3-9,17H,10-11H2,1-2H3. The molecule has 0 spiro atoms. The Morgan fingerprint density at radius 1 is 1.00 bits per heavy atom. The smallest absolute Gasteiger partial charge is 0.0271 e. The first-order valence-electron chi connectivity index (χ1n) is 5.91. The predicted molar refractivity (Wildman–Crippen MR) is 70.7 cm³/mol. The van der Waals surface area contributed by atoms with Crippen molar-refractivity contribution < 1.29 is 0 Å². The Morgan fingerprint density at radius 3 is 2.53 bits per heavy atom. The minimum absolute atomic E-state index is 0.885. The fraction of sp³-hybridized carbons (Fsp3) is 0.267. The van der Waals surface area contributed by atoms with Gasteiger partial charge in [-0.25, -0.2) is 0 Å². The first-order valence-corrected chi connectivity index (χ1v) is 5.91. The SMILES string of the molecule is Cc1ccc(C)c(CNCc2ccncc2)c1. The molecule has 1 aromatic carbocycles. The normalized spacial score (nSPS) is 10.5. The van der Waals surface area contributed by atoms with E-state index in [1.54, 1.807) is 0 Å². The van der Waals surface area contributed by atoms with Crippen molar-refractivity contribution in [2.75, 3.05) is 0 Å². The topological polar surface area (TPSA) is 24.9 Å². The highest BCUT2D eigenvalue weighted by atomic mass is 14.8. The molecule has 1 heterocycles. The quantitative estimate of drug-likeness (QED) is 0.867. The number of hydrogen-bond acceptors (Lipinski definition) is 2. The molecule has 2 nitrogen and oxygen atoms in total. The second-order valence-corrected chi connectivity index (χ2v) is 4.39. The summed E-state index contributed by atoms with van der Waals surface area (Å²) in [5, 5.41) is 3.46. The summed E-state index contributed by atoms with van der Waals surface area (Å²) in [5.74, 6) is 0. The first-order chi connectivity index (χ1) is 8.25. The van der Waals surface area contributed by atoms with Gasteiger partial charge in [0.2, 0.25) is 0 Å². The maximum absolute atomic E-state index is 4.01. The molecule has 0 fully saturated rings. The van der Waals surface area contributed by atoms with Gasteiger partial charge in [-0.1, -0.05) is 23.8 Å². The highest BCUT2D eigenvalue weighted by Gasteiger charge is 1.98. The van der Waals surface area contributed by atoms with Crippen molar-refractivity contribution in [2.24, 2.45) is 0 Å². The maximum Gasteiger partial charge on any atom is 0.0271 e. The second-order valence-electron chi connectivity index (χ2n) is 4.39. The lowest BCUT2D eigenvalue weighted by molar-refractivity contribution is 0.689. The number of aromatic nitrogens is 1. The molecule has 1 aromatic heterocycles. The molecule has 1 N–H and O–H groups in total. The van der Waals surface area contributed by atoms with E-state index in [0.717, 1.165) is 13.1 Å². The zero-order chi connectivity index (χ0) is 12.1. The summed E-state index contributed by atoms with van der Waals surface area (Å²) >= 11 is 0. The monoisotopic (exact) mass is 226 g/mol. The van der Waals surface area contributed by atoms with Gasteiger partial charge in [-0.2, -0.15) is 0 Å². The number of nitrogens with one attached hydrogen (secondary N) is 1. The van der Waals surface area contributed by atoms with Crippen molar-refractivity contribution in [3.8, 4) is 0 Å². The zero-order valence-electron chi connectivity index (χ0n) is 10.4. The minimum atomic E-state index is 0.885. The van der Waals surface area contributed by atoms with E-state index in [-0.39, 0.29) is 0 Å². The van der Waals surface area contributed by atoms with E-state index < -0.39 is 0 Å². The molecule has 0 unspecified atom stereocenters. The predicted octanol–water partition coefficient (Wildman–Crippen LogP) is 2.99. The van der Waals surface area contributed by atoms with E-state index >= 15 is 0 Å². The Kier molecular flexibility index (Phi) is 3.89. The molecule has 17 heavy (non-hydrogen) atoms. The highest BCUT2D eigenvalue weighted by Crippen LogP contribution is 2.10. The van der Waals surface area contributed by atoms with Gasteiger partial charge in [0.25, 0.3) is 0 Å². The van der Waals surface area contributed by atoms with E-state index in [4.69, 9.17) is 0 Å². The van der Waals surface area contributed by atoms with E-state index in [2.05, 4.69) is 42.3 Å². The number of aryl methyl sites for hydroxylation is 2. The zero-order valence-corrected chi connectivity index (χ0v) is 10.4. The summed E-state index contributed by atoms with van der Waals surface area (Å²) in [5.41, 5.74) is 5.30. The number of nitrogens with zero attached hydrogens (tertiary/aromatic N) is 1. The van der Waals surface area contributed by atoms with Crippen LogP contribution < -0.4 is 5.32 Å². The van der Waals surface area contributed by atoms with Crippen LogP contribution in [0.15, 0.2) is 42.7 Å². The van der Waals surface area contributed by atoms with Crippen molar-refractivity contribution in [3.63, 3.8) is 0 Å². The summed E-state index contributed by atoms with van der Waals surface area (Å²) in [4.78, 5) is 4.01. The van der Waals surface area contributed by atoms with E-state index in [1.807, 2.05) is 24.5 Å². The van der Waals surface area contributed by atoms with Crippen LogP contribution in [0.2, 0.25) is 0 Å². The van der Waals surface area contributed by atoms with Crippen molar-refractivity contribution in [1.29, 1.82) is 0 Å². The lowest BCUT2D eigenvalue weighted by Crippen LogP contribution is -2.13. The molecule has 0 radical (unpaired) electrons. The van der Waals surface area contributed by atoms with Crippen LogP contribution in [-0.4, -0.2) is 4.98 Å². The van der Waals surface area contributed by atoms with Gasteiger partial charge in [0.15, 0.2) is 0 Å². The molecular weight excluding hydrogens is 208 g/mol. The third kappa shape index (κ3) is 3.40. The molecule has 0 aliphatic heterocycles. The lowest BCUT2D eigenvalue weighted by atomic mass is 10.1. The highest BCUT2D eigenvalue weighted by molar-refractivity contribution is 5.30. The van der Waals surface area contributed by atoms with Crippen molar-refractivity contribution in [1.82, 2.24) is 10.3 Å². The van der Waals surface area contributed by atoms with Gasteiger partial charge in [-0.05, 0) is 42.7 Å². The Bertz CT molecular complexity index is 478. The van der Waals surface area contributed by atoms with E-state index in [9.17, 15) is 0 Å². The molecule has 0 aliphatic rings. The fourth-order valence-electron chi connectivity index (χ4n) is 1.83. The van der Waals surface area contributed by atoms with Crippen LogP contribution in [0.25, 0.3) is 0 Å². The van der Waals surface area contributed by atoms with E-state index in [0.29, 0.717) is 0 Å². The minimum Gasteiger partial charge on any atom is -0.309 e. The third-order valence-corrected chi connectivity index (χ3v) is 2.90. The second kappa shape index (κ2) is 5.60. The van der Waals surface area contributed by atoms with E-state index in [1.165, 1.54) is 22.3 Å². The molecule has 0 saturated carbocycles. The average molecular weight is 226 g/mol. The molecule has 0 aliphatic carbocycles. The van der Waals surface area contributed by atoms with Crippen molar-refractivity contribution in [3.05, 3.63) is 65.0 Å². The molecule has 0 bridgehead atoms. The molecule has 88 valence electrons. The maximum atomic E-state index is 4.01. The number of pyridine rings is 1. The van der Waals surface area contributed by atoms with Gasteiger partial charge < -0.3 is 5.32 Å². The van der Waals surface area contributed by atoms with Gasteiger partial charge >= 0.3 is 0 Å².